The quantitative estimate of drug-likeness (QED) is 0.877. The number of carbonyl (C=O) groups is 1. The van der Waals surface area contributed by atoms with Gasteiger partial charge in [-0.1, -0.05) is 11.6 Å². The Morgan fingerprint density at radius 3 is 2.52 bits per heavy atom. The molecule has 2 heterocycles. The minimum atomic E-state index is -3.76. The Kier molecular flexibility index (Phi) is 4.33. The Morgan fingerprint density at radius 2 is 1.87 bits per heavy atom. The molecule has 0 bridgehead atoms. The molecule has 2 aromatic rings. The molecule has 8 nitrogen and oxygen atoms in total. The molecule has 1 aromatic heterocycles. The molecule has 1 amide bonds. The lowest BCUT2D eigenvalue weighted by atomic mass is 10.2. The van der Waals surface area contributed by atoms with Gasteiger partial charge in [0.25, 0.3) is 5.91 Å². The van der Waals surface area contributed by atoms with Crippen LogP contribution in [-0.2, 0) is 14.8 Å². The third-order valence-corrected chi connectivity index (χ3v) is 5.76. The van der Waals surface area contributed by atoms with Crippen LogP contribution in [0.2, 0.25) is 5.02 Å². The summed E-state index contributed by atoms with van der Waals surface area (Å²) < 4.78 is 28.0. The van der Waals surface area contributed by atoms with E-state index in [2.05, 4.69) is 15.6 Å². The number of rotatable bonds is 4. The molecule has 0 aliphatic carbocycles. The fraction of sp³-hybridized carbons (Fsp3) is 0.308. The van der Waals surface area contributed by atoms with Crippen LogP contribution in [0, 0.1) is 0 Å². The van der Waals surface area contributed by atoms with E-state index in [-0.39, 0.29) is 4.90 Å². The van der Waals surface area contributed by atoms with Crippen LogP contribution in [0.4, 0.5) is 0 Å². The summed E-state index contributed by atoms with van der Waals surface area (Å²) in [6.45, 7) is 0.297. The topological polar surface area (TPSA) is 97.2 Å². The fourth-order valence-corrected chi connectivity index (χ4v) is 4.27. The average Bonchev–Trinajstić information content (AvgIpc) is 3.19. The number of hydrogen-bond donors (Lipinski definition) is 1. The summed E-state index contributed by atoms with van der Waals surface area (Å²) in [5, 5.41) is 7.61. The lowest BCUT2D eigenvalue weighted by molar-refractivity contribution is -0.120. The van der Waals surface area contributed by atoms with E-state index < -0.39 is 22.0 Å². The average molecular weight is 356 g/mol. The molecule has 0 radical (unpaired) electrons. The number of aromatic nitrogens is 3. The first-order valence-corrected chi connectivity index (χ1v) is 8.73. The Hall–Kier alpha value is -1.97. The summed E-state index contributed by atoms with van der Waals surface area (Å²) in [6.07, 6.45) is 3.73. The van der Waals surface area contributed by atoms with Crippen molar-refractivity contribution in [3.63, 3.8) is 0 Å². The van der Waals surface area contributed by atoms with E-state index in [0.29, 0.717) is 24.4 Å². The molecule has 0 spiro atoms. The van der Waals surface area contributed by atoms with Crippen molar-refractivity contribution in [1.82, 2.24) is 19.2 Å². The van der Waals surface area contributed by atoms with Gasteiger partial charge in [-0.3, -0.25) is 10.2 Å². The summed E-state index contributed by atoms with van der Waals surface area (Å²) in [6, 6.07) is 5.13. The summed E-state index contributed by atoms with van der Waals surface area (Å²) in [5.41, 5.74) is 2.55. The molecule has 10 heteroatoms. The highest BCUT2D eigenvalue weighted by Gasteiger charge is 2.39. The number of halogens is 1. The van der Waals surface area contributed by atoms with Crippen molar-refractivity contribution in [3.8, 4) is 0 Å². The molecule has 1 N–H and O–H groups in total. The maximum atomic E-state index is 12.7. The number of nitrogens with zero attached hydrogens (tertiary/aromatic N) is 4. The predicted octanol–water partition coefficient (Wildman–Crippen LogP) is 0.855. The molecule has 1 aliphatic heterocycles. The Morgan fingerprint density at radius 1 is 1.22 bits per heavy atom. The van der Waals surface area contributed by atoms with Gasteiger partial charge >= 0.3 is 0 Å². The van der Waals surface area contributed by atoms with E-state index in [9.17, 15) is 13.2 Å². The SMILES string of the molecule is O=C(Nn1cnnc1)[C@H]1CCCN1S(=O)(=O)c1ccc(Cl)cc1. The zero-order chi connectivity index (χ0) is 16.4. The van der Waals surface area contributed by atoms with Gasteiger partial charge < -0.3 is 0 Å². The number of sulfonamides is 1. The van der Waals surface area contributed by atoms with Gasteiger partial charge in [0.05, 0.1) is 4.90 Å². The van der Waals surface area contributed by atoms with Crippen LogP contribution in [0.15, 0.2) is 41.8 Å². The summed E-state index contributed by atoms with van der Waals surface area (Å²) in [7, 11) is -3.76. The minimum absolute atomic E-state index is 0.117. The molecule has 1 aromatic carbocycles. The van der Waals surface area contributed by atoms with E-state index in [1.165, 1.54) is 45.9 Å². The monoisotopic (exact) mass is 355 g/mol. The van der Waals surface area contributed by atoms with Gasteiger partial charge in [-0.15, -0.1) is 10.2 Å². The van der Waals surface area contributed by atoms with E-state index in [1.807, 2.05) is 0 Å². The van der Waals surface area contributed by atoms with E-state index in [1.54, 1.807) is 0 Å². The molecule has 1 atom stereocenters. The Balaban J connectivity index is 1.83. The summed E-state index contributed by atoms with van der Waals surface area (Å²) >= 11 is 5.79. The van der Waals surface area contributed by atoms with Crippen molar-refractivity contribution in [2.24, 2.45) is 0 Å². The zero-order valence-electron chi connectivity index (χ0n) is 12.0. The Bertz CT molecular complexity index is 792. The van der Waals surface area contributed by atoms with Gasteiger partial charge in [-0.05, 0) is 37.1 Å². The van der Waals surface area contributed by atoms with E-state index >= 15 is 0 Å². The van der Waals surface area contributed by atoms with Crippen LogP contribution in [0.3, 0.4) is 0 Å². The first-order valence-electron chi connectivity index (χ1n) is 6.91. The fourth-order valence-electron chi connectivity index (χ4n) is 2.49. The molecule has 122 valence electrons. The van der Waals surface area contributed by atoms with Crippen molar-refractivity contribution >= 4 is 27.5 Å². The molecule has 0 saturated carbocycles. The Labute approximate surface area is 138 Å². The normalized spacial score (nSPS) is 18.9. The first-order chi connectivity index (χ1) is 11.0. The van der Waals surface area contributed by atoms with E-state index in [4.69, 9.17) is 11.6 Å². The maximum Gasteiger partial charge on any atom is 0.257 e. The second-order valence-electron chi connectivity index (χ2n) is 5.07. The van der Waals surface area contributed by atoms with Crippen LogP contribution >= 0.6 is 11.6 Å². The molecule has 1 aliphatic rings. The van der Waals surface area contributed by atoms with Gasteiger partial charge in [0, 0.05) is 11.6 Å². The largest absolute Gasteiger partial charge is 0.271 e. The highest BCUT2D eigenvalue weighted by atomic mass is 35.5. The van der Waals surface area contributed by atoms with Crippen LogP contribution in [0.25, 0.3) is 0 Å². The standard InChI is InChI=1S/C13H14ClN5O3S/c14-10-3-5-11(6-4-10)23(21,22)19-7-1-2-12(19)13(20)17-18-8-15-16-9-18/h3-6,8-9,12H,1-2,7H2,(H,17,20)/t12-/m1/s1. The second kappa shape index (κ2) is 6.26. The second-order valence-corrected chi connectivity index (χ2v) is 7.40. The van der Waals surface area contributed by atoms with E-state index in [0.717, 1.165) is 0 Å². The number of benzene rings is 1. The third-order valence-electron chi connectivity index (χ3n) is 3.58. The number of amides is 1. The smallest absolute Gasteiger partial charge is 0.257 e. The molecular formula is C13H14ClN5O3S. The molecule has 23 heavy (non-hydrogen) atoms. The predicted molar refractivity (Wildman–Crippen MR) is 82.8 cm³/mol. The van der Waals surface area contributed by atoms with Crippen molar-refractivity contribution in [3.05, 3.63) is 41.9 Å². The highest BCUT2D eigenvalue weighted by Crippen LogP contribution is 2.27. The van der Waals surface area contributed by atoms with Gasteiger partial charge in [-0.25, -0.2) is 13.1 Å². The van der Waals surface area contributed by atoms with Crippen LogP contribution < -0.4 is 5.43 Å². The van der Waals surface area contributed by atoms with Crippen LogP contribution in [0.5, 0.6) is 0 Å². The van der Waals surface area contributed by atoms with Crippen molar-refractivity contribution < 1.29 is 13.2 Å². The number of nitrogens with one attached hydrogen (secondary N) is 1. The van der Waals surface area contributed by atoms with Crippen molar-refractivity contribution in [2.45, 2.75) is 23.8 Å². The lowest BCUT2D eigenvalue weighted by Crippen LogP contribution is -2.44. The number of hydrogen-bond acceptors (Lipinski definition) is 5. The molecule has 0 unspecified atom stereocenters. The van der Waals surface area contributed by atoms with Gasteiger partial charge in [0.2, 0.25) is 10.0 Å². The van der Waals surface area contributed by atoms with Gasteiger partial charge in [-0.2, -0.15) is 4.31 Å². The van der Waals surface area contributed by atoms with Crippen molar-refractivity contribution in [1.29, 1.82) is 0 Å². The first kappa shape index (κ1) is 15.9. The number of carbonyl (C=O) groups excluding carboxylic acids is 1. The lowest BCUT2D eigenvalue weighted by Gasteiger charge is -2.23. The van der Waals surface area contributed by atoms with Gasteiger partial charge in [0.1, 0.15) is 18.7 Å². The highest BCUT2D eigenvalue weighted by molar-refractivity contribution is 7.89. The van der Waals surface area contributed by atoms with Gasteiger partial charge in [0.15, 0.2) is 0 Å². The third kappa shape index (κ3) is 3.21. The molecular weight excluding hydrogens is 342 g/mol. The molecule has 3 rings (SSSR count). The molecule has 1 fully saturated rings. The summed E-state index contributed by atoms with van der Waals surface area (Å²) in [4.78, 5) is 12.5. The van der Waals surface area contributed by atoms with Crippen LogP contribution in [0.1, 0.15) is 12.8 Å². The summed E-state index contributed by atoms with van der Waals surface area (Å²) in [5.74, 6) is -0.417. The van der Waals surface area contributed by atoms with Crippen molar-refractivity contribution in [2.75, 3.05) is 12.0 Å². The zero-order valence-corrected chi connectivity index (χ0v) is 13.5. The minimum Gasteiger partial charge on any atom is -0.271 e. The molecule has 1 saturated heterocycles. The maximum absolute atomic E-state index is 12.7. The van der Waals surface area contributed by atoms with Crippen LogP contribution in [-0.4, -0.2) is 46.1 Å².